The molecule has 1 amide bonds. The van der Waals surface area contributed by atoms with Crippen molar-refractivity contribution in [3.63, 3.8) is 0 Å². The zero-order chi connectivity index (χ0) is 14.9. The van der Waals surface area contributed by atoms with E-state index in [0.29, 0.717) is 6.07 Å². The molecule has 0 saturated heterocycles. The van der Waals surface area contributed by atoms with E-state index < -0.39 is 17.5 Å². The Hall–Kier alpha value is -2.02. The first-order valence-corrected chi connectivity index (χ1v) is 6.74. The van der Waals surface area contributed by atoms with E-state index in [1.54, 1.807) is 6.92 Å². The minimum absolute atomic E-state index is 0.0124. The molecule has 1 aromatic heterocycles. The fourth-order valence-electron chi connectivity index (χ4n) is 1.73. The highest BCUT2D eigenvalue weighted by molar-refractivity contribution is 7.09. The number of aryl methyl sites for hydroxylation is 1. The van der Waals surface area contributed by atoms with Gasteiger partial charge >= 0.3 is 0 Å². The lowest BCUT2D eigenvalue weighted by molar-refractivity contribution is 0.0996. The van der Waals surface area contributed by atoms with Crippen LogP contribution in [0.4, 0.5) is 14.5 Å². The van der Waals surface area contributed by atoms with E-state index in [4.69, 9.17) is 5.73 Å². The number of carbonyl (C=O) groups is 1. The van der Waals surface area contributed by atoms with E-state index in [1.807, 2.05) is 12.3 Å². The Morgan fingerprint density at radius 1 is 1.40 bits per heavy atom. The molecule has 1 heterocycles. The summed E-state index contributed by atoms with van der Waals surface area (Å²) in [5, 5.41) is 5.60. The molecule has 2 aromatic rings. The van der Waals surface area contributed by atoms with Crippen LogP contribution < -0.4 is 11.1 Å². The summed E-state index contributed by atoms with van der Waals surface area (Å²) in [5.74, 6) is -2.70. The maximum absolute atomic E-state index is 13.7. The Morgan fingerprint density at radius 3 is 2.65 bits per heavy atom. The molecule has 3 N–H and O–H groups in total. The minimum Gasteiger partial charge on any atom is -0.375 e. The predicted octanol–water partition coefficient (Wildman–Crippen LogP) is 3.00. The van der Waals surface area contributed by atoms with Gasteiger partial charge in [0, 0.05) is 11.4 Å². The Bertz CT molecular complexity index is 657. The van der Waals surface area contributed by atoms with Crippen molar-refractivity contribution in [1.29, 1.82) is 0 Å². The smallest absolute Gasteiger partial charge is 0.251 e. The summed E-state index contributed by atoms with van der Waals surface area (Å²) in [4.78, 5) is 15.3. The molecule has 0 aliphatic carbocycles. The van der Waals surface area contributed by atoms with Gasteiger partial charge in [-0.25, -0.2) is 13.8 Å². The van der Waals surface area contributed by atoms with Crippen LogP contribution in [0.3, 0.4) is 0 Å². The lowest BCUT2D eigenvalue weighted by atomic mass is 10.1. The molecule has 4 nitrogen and oxygen atoms in total. The summed E-state index contributed by atoms with van der Waals surface area (Å²) >= 11 is 1.48. The van der Waals surface area contributed by atoms with Gasteiger partial charge in [-0.1, -0.05) is 0 Å². The number of anilines is 1. The normalized spacial score (nSPS) is 12.2. The number of primary amides is 1. The molecule has 106 valence electrons. The van der Waals surface area contributed by atoms with Crippen molar-refractivity contribution in [2.45, 2.75) is 19.9 Å². The van der Waals surface area contributed by atoms with E-state index >= 15 is 0 Å². The molecule has 2 rings (SSSR count). The monoisotopic (exact) mass is 297 g/mol. The molecule has 1 aromatic carbocycles. The predicted molar refractivity (Wildman–Crippen MR) is 73.8 cm³/mol. The van der Waals surface area contributed by atoms with Crippen molar-refractivity contribution in [2.24, 2.45) is 5.73 Å². The first kappa shape index (κ1) is 14.4. The summed E-state index contributed by atoms with van der Waals surface area (Å²) in [6.45, 7) is 3.66. The Kier molecular flexibility index (Phi) is 3.99. The lowest BCUT2D eigenvalue weighted by Gasteiger charge is -2.14. The molecular weight excluding hydrogens is 284 g/mol. The summed E-state index contributed by atoms with van der Waals surface area (Å²) in [6, 6.07) is 1.44. The van der Waals surface area contributed by atoms with Gasteiger partial charge in [0.2, 0.25) is 0 Å². The number of amides is 1. The number of halogens is 2. The second kappa shape index (κ2) is 5.54. The Balaban J connectivity index is 2.29. The summed E-state index contributed by atoms with van der Waals surface area (Å²) in [7, 11) is 0. The number of nitrogens with zero attached hydrogens (tertiary/aromatic N) is 1. The molecule has 1 atom stereocenters. The van der Waals surface area contributed by atoms with Crippen molar-refractivity contribution in [1.82, 2.24) is 4.98 Å². The molecule has 7 heteroatoms. The largest absolute Gasteiger partial charge is 0.375 e. The number of rotatable bonds is 4. The number of benzene rings is 1. The molecule has 0 aliphatic rings. The van der Waals surface area contributed by atoms with Gasteiger partial charge in [-0.05, 0) is 19.9 Å². The molecule has 20 heavy (non-hydrogen) atoms. The van der Waals surface area contributed by atoms with Crippen LogP contribution in [0.1, 0.15) is 34.0 Å². The van der Waals surface area contributed by atoms with Gasteiger partial charge in [0.05, 0.1) is 28.0 Å². The minimum atomic E-state index is -0.974. The highest BCUT2D eigenvalue weighted by Gasteiger charge is 2.16. The van der Waals surface area contributed by atoms with E-state index in [9.17, 15) is 13.6 Å². The van der Waals surface area contributed by atoms with Crippen LogP contribution in [0, 0.1) is 18.6 Å². The number of nitrogens with one attached hydrogen (secondary N) is 1. The first-order valence-electron chi connectivity index (χ1n) is 5.86. The van der Waals surface area contributed by atoms with Crippen molar-refractivity contribution in [2.75, 3.05) is 5.32 Å². The molecule has 0 radical (unpaired) electrons. The number of hydrogen-bond acceptors (Lipinski definition) is 4. The third-order valence-electron chi connectivity index (χ3n) is 2.77. The van der Waals surface area contributed by atoms with E-state index in [0.717, 1.165) is 16.8 Å². The maximum Gasteiger partial charge on any atom is 0.251 e. The highest BCUT2D eigenvalue weighted by Crippen LogP contribution is 2.25. The fraction of sp³-hybridized carbons (Fsp3) is 0.231. The van der Waals surface area contributed by atoms with Crippen molar-refractivity contribution in [3.8, 4) is 0 Å². The van der Waals surface area contributed by atoms with Gasteiger partial charge in [-0.15, -0.1) is 11.3 Å². The standard InChI is InChI=1S/C13H13F2N3OS/c1-6(12-5-20-7(2)18-12)17-11-3-8(13(16)19)9(14)4-10(11)15/h3-6,17H,1-2H3,(H2,16,19). The molecule has 1 unspecified atom stereocenters. The lowest BCUT2D eigenvalue weighted by Crippen LogP contribution is -2.15. The van der Waals surface area contributed by atoms with Crippen LogP contribution in [0.25, 0.3) is 0 Å². The zero-order valence-corrected chi connectivity index (χ0v) is 11.7. The fourth-order valence-corrected chi connectivity index (χ4v) is 2.44. The van der Waals surface area contributed by atoms with Crippen LogP contribution in [-0.2, 0) is 0 Å². The van der Waals surface area contributed by atoms with Crippen molar-refractivity contribution >= 4 is 22.9 Å². The van der Waals surface area contributed by atoms with Crippen LogP contribution >= 0.6 is 11.3 Å². The molecule has 0 spiro atoms. The topological polar surface area (TPSA) is 68.0 Å². The highest BCUT2D eigenvalue weighted by atomic mass is 32.1. The average Bonchev–Trinajstić information content (AvgIpc) is 2.79. The summed E-state index contributed by atoms with van der Waals surface area (Å²) in [6.07, 6.45) is 0. The molecule has 0 bridgehead atoms. The van der Waals surface area contributed by atoms with Crippen LogP contribution in [0.2, 0.25) is 0 Å². The van der Waals surface area contributed by atoms with Gasteiger partial charge in [-0.2, -0.15) is 0 Å². The van der Waals surface area contributed by atoms with Gasteiger partial charge in [0.1, 0.15) is 11.6 Å². The number of hydrogen-bond donors (Lipinski definition) is 2. The average molecular weight is 297 g/mol. The van der Waals surface area contributed by atoms with E-state index in [2.05, 4.69) is 10.3 Å². The van der Waals surface area contributed by atoms with E-state index in [-0.39, 0.29) is 17.3 Å². The van der Waals surface area contributed by atoms with Gasteiger partial charge in [0.25, 0.3) is 5.91 Å². The summed E-state index contributed by atoms with van der Waals surface area (Å²) in [5.41, 5.74) is 5.45. The van der Waals surface area contributed by atoms with Gasteiger partial charge in [-0.3, -0.25) is 4.79 Å². The second-order valence-corrected chi connectivity index (χ2v) is 5.40. The number of thiazole rings is 1. The number of nitrogens with two attached hydrogens (primary N) is 1. The Morgan fingerprint density at radius 2 is 2.10 bits per heavy atom. The maximum atomic E-state index is 13.7. The Labute approximate surface area is 118 Å². The van der Waals surface area contributed by atoms with Gasteiger partial charge in [0.15, 0.2) is 0 Å². The van der Waals surface area contributed by atoms with Crippen LogP contribution in [0.15, 0.2) is 17.5 Å². The third kappa shape index (κ3) is 2.93. The molecular formula is C13H13F2N3OS. The number of aromatic nitrogens is 1. The quantitative estimate of drug-likeness (QED) is 0.911. The second-order valence-electron chi connectivity index (χ2n) is 4.33. The van der Waals surface area contributed by atoms with Crippen LogP contribution in [-0.4, -0.2) is 10.9 Å². The molecule has 0 saturated carbocycles. The molecule has 0 fully saturated rings. The zero-order valence-electron chi connectivity index (χ0n) is 10.9. The first-order chi connectivity index (χ1) is 9.38. The van der Waals surface area contributed by atoms with Crippen molar-refractivity contribution in [3.05, 3.63) is 45.4 Å². The third-order valence-corrected chi connectivity index (χ3v) is 3.57. The van der Waals surface area contributed by atoms with Crippen LogP contribution in [0.5, 0.6) is 0 Å². The summed E-state index contributed by atoms with van der Waals surface area (Å²) < 4.78 is 27.1. The molecule has 0 aliphatic heterocycles. The van der Waals surface area contributed by atoms with E-state index in [1.165, 1.54) is 11.3 Å². The van der Waals surface area contributed by atoms with Crippen molar-refractivity contribution < 1.29 is 13.6 Å². The SMILES string of the molecule is Cc1nc(C(C)Nc2cc(C(N)=O)c(F)cc2F)cs1. The number of carbonyl (C=O) groups excluding carboxylic acids is 1. The van der Waals surface area contributed by atoms with Gasteiger partial charge < -0.3 is 11.1 Å².